The van der Waals surface area contributed by atoms with Crippen molar-refractivity contribution in [2.75, 3.05) is 20.6 Å². The maximum Gasteiger partial charge on any atom is 0.240 e. The summed E-state index contributed by atoms with van der Waals surface area (Å²) in [5, 5.41) is 6.33. The van der Waals surface area contributed by atoms with Crippen LogP contribution in [0.3, 0.4) is 0 Å². The third-order valence-electron chi connectivity index (χ3n) is 4.31. The van der Waals surface area contributed by atoms with E-state index in [2.05, 4.69) is 44.4 Å². The molecule has 3 rings (SSSR count). The smallest absolute Gasteiger partial charge is 0.240 e. The summed E-state index contributed by atoms with van der Waals surface area (Å²) in [5.41, 5.74) is 2.21. The van der Waals surface area contributed by atoms with Crippen molar-refractivity contribution < 1.29 is 4.79 Å². The fraction of sp³-hybridized carbons (Fsp3) is 0.316. The fourth-order valence-corrected chi connectivity index (χ4v) is 3.91. The molecule has 1 N–H and O–H groups in total. The molecule has 24 heavy (non-hydrogen) atoms. The Morgan fingerprint density at radius 2 is 2.04 bits per heavy atom. The van der Waals surface area contributed by atoms with Crippen LogP contribution in [0.15, 0.2) is 47.8 Å². The summed E-state index contributed by atoms with van der Waals surface area (Å²) in [4.78, 5) is 15.9. The maximum absolute atomic E-state index is 12.5. The number of aromatic nitrogens is 1. The van der Waals surface area contributed by atoms with E-state index in [0.29, 0.717) is 13.1 Å². The highest BCUT2D eigenvalue weighted by atomic mass is 32.1. The van der Waals surface area contributed by atoms with Gasteiger partial charge in [-0.2, -0.15) is 0 Å². The number of aryl methyl sites for hydroxylation is 1. The summed E-state index contributed by atoms with van der Waals surface area (Å²) in [7, 11) is 4.08. The van der Waals surface area contributed by atoms with Crippen LogP contribution in [0.4, 0.5) is 0 Å². The number of rotatable bonds is 6. The predicted molar refractivity (Wildman–Crippen MR) is 100 cm³/mol. The van der Waals surface area contributed by atoms with E-state index in [0.717, 1.165) is 11.2 Å². The molecule has 4 nitrogen and oxygen atoms in total. The van der Waals surface area contributed by atoms with Gasteiger partial charge in [0.25, 0.3) is 0 Å². The Morgan fingerprint density at radius 3 is 2.75 bits per heavy atom. The first-order valence-corrected chi connectivity index (χ1v) is 8.95. The van der Waals surface area contributed by atoms with Crippen LogP contribution in [0.25, 0.3) is 10.9 Å². The zero-order valence-electron chi connectivity index (χ0n) is 14.3. The Labute approximate surface area is 146 Å². The number of carbonyl (C=O) groups is 1. The van der Waals surface area contributed by atoms with Gasteiger partial charge in [-0.3, -0.25) is 4.79 Å². The normalized spacial score (nSPS) is 12.7. The lowest BCUT2D eigenvalue weighted by molar-refractivity contribution is -0.121. The molecule has 126 valence electrons. The van der Waals surface area contributed by atoms with Crippen LogP contribution in [-0.2, 0) is 11.3 Å². The van der Waals surface area contributed by atoms with Gasteiger partial charge in [0.05, 0.1) is 6.04 Å². The number of nitrogens with one attached hydrogen (secondary N) is 1. The summed E-state index contributed by atoms with van der Waals surface area (Å²) < 4.78 is 2.07. The van der Waals surface area contributed by atoms with Crippen molar-refractivity contribution in [1.29, 1.82) is 0 Å². The van der Waals surface area contributed by atoms with Crippen LogP contribution in [0, 0.1) is 6.92 Å². The molecular formula is C19H23N3OS. The molecule has 3 aromatic rings. The topological polar surface area (TPSA) is 37.3 Å². The van der Waals surface area contributed by atoms with Crippen molar-refractivity contribution in [1.82, 2.24) is 14.8 Å². The van der Waals surface area contributed by atoms with Crippen LogP contribution >= 0.6 is 11.3 Å². The quantitative estimate of drug-likeness (QED) is 0.746. The number of para-hydroxylation sites is 1. The van der Waals surface area contributed by atoms with Crippen molar-refractivity contribution in [2.24, 2.45) is 0 Å². The SMILES string of the molecule is Cc1cc2ccccc2n1CC(=O)NCC(c1cccs1)N(C)C. The number of hydrogen-bond donors (Lipinski definition) is 1. The molecule has 5 heteroatoms. The van der Waals surface area contributed by atoms with Gasteiger partial charge in [0.2, 0.25) is 5.91 Å². The Balaban J connectivity index is 1.68. The maximum atomic E-state index is 12.5. The Hall–Kier alpha value is -2.11. The van der Waals surface area contributed by atoms with Gasteiger partial charge in [0.1, 0.15) is 6.54 Å². The van der Waals surface area contributed by atoms with E-state index in [9.17, 15) is 4.79 Å². The van der Waals surface area contributed by atoms with Crippen molar-refractivity contribution in [3.05, 3.63) is 58.4 Å². The van der Waals surface area contributed by atoms with Gasteiger partial charge in [0.15, 0.2) is 0 Å². The minimum absolute atomic E-state index is 0.0443. The monoisotopic (exact) mass is 341 g/mol. The molecule has 0 aliphatic carbocycles. The van der Waals surface area contributed by atoms with Crippen LogP contribution in [0.1, 0.15) is 16.6 Å². The van der Waals surface area contributed by atoms with Gasteiger partial charge in [0, 0.05) is 22.6 Å². The number of carbonyl (C=O) groups excluding carboxylic acids is 1. The molecule has 0 spiro atoms. The number of thiophene rings is 1. The number of nitrogens with zero attached hydrogens (tertiary/aromatic N) is 2. The molecule has 0 saturated heterocycles. The van der Waals surface area contributed by atoms with E-state index in [1.807, 2.05) is 39.2 Å². The number of amides is 1. The summed E-state index contributed by atoms with van der Waals surface area (Å²) in [6.07, 6.45) is 0. The molecule has 2 aromatic heterocycles. The molecule has 0 bridgehead atoms. The molecule has 0 fully saturated rings. The minimum atomic E-state index is 0.0443. The molecule has 1 atom stereocenters. The van der Waals surface area contributed by atoms with Crippen LogP contribution in [0.5, 0.6) is 0 Å². The standard InChI is InChI=1S/C19H23N3OS/c1-14-11-15-7-4-5-8-16(15)22(14)13-19(23)20-12-17(21(2)3)18-9-6-10-24-18/h4-11,17H,12-13H2,1-3H3,(H,20,23). The lowest BCUT2D eigenvalue weighted by Gasteiger charge is -2.23. The van der Waals surface area contributed by atoms with E-state index in [-0.39, 0.29) is 11.9 Å². The highest BCUT2D eigenvalue weighted by Crippen LogP contribution is 2.22. The molecule has 0 aliphatic heterocycles. The Bertz CT molecular complexity index is 820. The van der Waals surface area contributed by atoms with Gasteiger partial charge in [-0.1, -0.05) is 24.3 Å². The summed E-state index contributed by atoms with van der Waals surface area (Å²) in [6.45, 7) is 3.01. The number of likely N-dealkylation sites (N-methyl/N-ethyl adjacent to an activating group) is 1. The minimum Gasteiger partial charge on any atom is -0.353 e. The van der Waals surface area contributed by atoms with Crippen LogP contribution in [-0.4, -0.2) is 36.0 Å². The van der Waals surface area contributed by atoms with E-state index in [1.54, 1.807) is 11.3 Å². The number of fused-ring (bicyclic) bond motifs is 1. The predicted octanol–water partition coefficient (Wildman–Crippen LogP) is 3.43. The third-order valence-corrected chi connectivity index (χ3v) is 5.28. The highest BCUT2D eigenvalue weighted by Gasteiger charge is 2.17. The van der Waals surface area contributed by atoms with Crippen LogP contribution < -0.4 is 5.32 Å². The molecule has 1 unspecified atom stereocenters. The summed E-state index contributed by atoms with van der Waals surface area (Å²) in [6, 6.07) is 14.7. The average Bonchev–Trinajstić information content (AvgIpc) is 3.16. The molecule has 0 aliphatic rings. The largest absolute Gasteiger partial charge is 0.353 e. The first-order valence-electron chi connectivity index (χ1n) is 8.07. The Kier molecular flexibility index (Phi) is 5.02. The van der Waals surface area contributed by atoms with Crippen molar-refractivity contribution >= 4 is 28.1 Å². The van der Waals surface area contributed by atoms with E-state index >= 15 is 0 Å². The lowest BCUT2D eigenvalue weighted by Crippen LogP contribution is -2.36. The second-order valence-corrected chi connectivity index (χ2v) is 7.21. The molecular weight excluding hydrogens is 318 g/mol. The van der Waals surface area contributed by atoms with Crippen molar-refractivity contribution in [3.63, 3.8) is 0 Å². The lowest BCUT2D eigenvalue weighted by atomic mass is 10.2. The van der Waals surface area contributed by atoms with E-state index in [1.165, 1.54) is 10.3 Å². The molecule has 2 heterocycles. The van der Waals surface area contributed by atoms with Gasteiger partial charge in [-0.05, 0) is 50.0 Å². The molecule has 1 amide bonds. The third kappa shape index (κ3) is 3.52. The average molecular weight is 341 g/mol. The van der Waals surface area contributed by atoms with Crippen LogP contribution in [0.2, 0.25) is 0 Å². The van der Waals surface area contributed by atoms with Gasteiger partial charge >= 0.3 is 0 Å². The van der Waals surface area contributed by atoms with E-state index < -0.39 is 0 Å². The van der Waals surface area contributed by atoms with Gasteiger partial charge < -0.3 is 14.8 Å². The second-order valence-electron chi connectivity index (χ2n) is 6.23. The highest BCUT2D eigenvalue weighted by molar-refractivity contribution is 7.10. The summed E-state index contributed by atoms with van der Waals surface area (Å²) >= 11 is 1.72. The second kappa shape index (κ2) is 7.20. The number of hydrogen-bond acceptors (Lipinski definition) is 3. The zero-order valence-corrected chi connectivity index (χ0v) is 15.1. The summed E-state index contributed by atoms with van der Waals surface area (Å²) in [5.74, 6) is 0.0443. The molecule has 0 radical (unpaired) electrons. The first-order chi connectivity index (χ1) is 11.6. The Morgan fingerprint density at radius 1 is 1.25 bits per heavy atom. The van der Waals surface area contributed by atoms with Crippen molar-refractivity contribution in [3.8, 4) is 0 Å². The molecule has 1 aromatic carbocycles. The first kappa shape index (κ1) is 16.7. The van der Waals surface area contributed by atoms with Crippen molar-refractivity contribution in [2.45, 2.75) is 19.5 Å². The number of benzene rings is 1. The zero-order chi connectivity index (χ0) is 17.1. The van der Waals surface area contributed by atoms with E-state index in [4.69, 9.17) is 0 Å². The van der Waals surface area contributed by atoms with Gasteiger partial charge in [-0.25, -0.2) is 0 Å². The molecule has 0 saturated carbocycles. The fourth-order valence-electron chi connectivity index (χ4n) is 2.99. The van der Waals surface area contributed by atoms with Gasteiger partial charge in [-0.15, -0.1) is 11.3 Å².